The van der Waals surface area contributed by atoms with Crippen LogP contribution in [-0.4, -0.2) is 34.4 Å². The van der Waals surface area contributed by atoms with Crippen LogP contribution in [-0.2, 0) is 25.1 Å². The summed E-state index contributed by atoms with van der Waals surface area (Å²) in [6, 6.07) is 8.45. The number of pyridine rings is 1. The normalized spacial score (nSPS) is 16.8. The van der Waals surface area contributed by atoms with Crippen molar-refractivity contribution in [3.63, 3.8) is 0 Å². The summed E-state index contributed by atoms with van der Waals surface area (Å²) in [5, 5.41) is 0. The number of hydrogen-bond acceptors (Lipinski definition) is 7. The van der Waals surface area contributed by atoms with Crippen LogP contribution >= 0.6 is 23.6 Å². The Morgan fingerprint density at radius 3 is 2.88 bits per heavy atom. The number of ether oxygens (including phenoxy) is 1. The summed E-state index contributed by atoms with van der Waals surface area (Å²) in [6.45, 7) is 6.81. The molecule has 0 amide bonds. The molecule has 0 radical (unpaired) electrons. The summed E-state index contributed by atoms with van der Waals surface area (Å²) in [6.07, 6.45) is 8.74. The second-order valence-corrected chi connectivity index (χ2v) is 10.8. The molecule has 2 aromatic heterocycles. The van der Waals surface area contributed by atoms with E-state index in [2.05, 4.69) is 53.0 Å². The van der Waals surface area contributed by atoms with Gasteiger partial charge in [0.15, 0.2) is 0 Å². The van der Waals surface area contributed by atoms with E-state index >= 15 is 0 Å². The number of hydrogen-bond donors (Lipinski definition) is 0. The molecule has 0 fully saturated rings. The van der Waals surface area contributed by atoms with Gasteiger partial charge < -0.3 is 13.9 Å². The van der Waals surface area contributed by atoms with E-state index in [4.69, 9.17) is 25.9 Å². The van der Waals surface area contributed by atoms with Gasteiger partial charge in [0.25, 0.3) is 0 Å². The number of nitrogens with zero attached hydrogens (tertiary/aromatic N) is 4. The SMILES string of the molecule is CSCc1cc(-c2ccc3c(c2)CN(c2ncnc4c2CC(C)(C)CC4)CCO3)cnc1OCl. The molecule has 0 atom stereocenters. The van der Waals surface area contributed by atoms with Gasteiger partial charge in [-0.25, -0.2) is 15.0 Å². The monoisotopic (exact) mass is 496 g/mol. The molecule has 1 aliphatic carbocycles. The van der Waals surface area contributed by atoms with Crippen molar-refractivity contribution in [2.75, 3.05) is 24.3 Å². The van der Waals surface area contributed by atoms with Crippen LogP contribution in [0.15, 0.2) is 36.8 Å². The number of rotatable bonds is 5. The summed E-state index contributed by atoms with van der Waals surface area (Å²) >= 11 is 7.32. The van der Waals surface area contributed by atoms with Crippen LogP contribution in [0.3, 0.4) is 0 Å². The molecule has 8 heteroatoms. The number of benzene rings is 1. The van der Waals surface area contributed by atoms with Gasteiger partial charge >= 0.3 is 0 Å². The molecule has 178 valence electrons. The zero-order chi connectivity index (χ0) is 23.7. The van der Waals surface area contributed by atoms with Crippen LogP contribution in [0.5, 0.6) is 11.6 Å². The number of aromatic nitrogens is 3. The molecule has 0 bridgehead atoms. The van der Waals surface area contributed by atoms with Crippen LogP contribution < -0.4 is 13.9 Å². The molecule has 5 rings (SSSR count). The molecule has 0 saturated heterocycles. The van der Waals surface area contributed by atoms with Gasteiger partial charge in [-0.1, -0.05) is 19.9 Å². The van der Waals surface area contributed by atoms with Crippen LogP contribution in [0, 0.1) is 5.41 Å². The van der Waals surface area contributed by atoms with Crippen molar-refractivity contribution in [1.82, 2.24) is 15.0 Å². The molecule has 34 heavy (non-hydrogen) atoms. The lowest BCUT2D eigenvalue weighted by Gasteiger charge is -2.33. The zero-order valence-electron chi connectivity index (χ0n) is 19.8. The number of anilines is 1. The first-order valence-corrected chi connectivity index (χ1v) is 13.3. The Bertz CT molecular complexity index is 1200. The minimum atomic E-state index is 0.264. The first-order valence-electron chi connectivity index (χ1n) is 11.6. The molecule has 1 aromatic carbocycles. The van der Waals surface area contributed by atoms with Gasteiger partial charge in [0.2, 0.25) is 5.88 Å². The maximum absolute atomic E-state index is 6.13. The maximum atomic E-state index is 6.13. The summed E-state index contributed by atoms with van der Waals surface area (Å²) in [4.78, 5) is 16.1. The van der Waals surface area contributed by atoms with Crippen LogP contribution in [0.4, 0.5) is 5.82 Å². The highest BCUT2D eigenvalue weighted by atomic mass is 35.5. The highest BCUT2D eigenvalue weighted by molar-refractivity contribution is 7.97. The highest BCUT2D eigenvalue weighted by Gasteiger charge is 2.30. The van der Waals surface area contributed by atoms with Crippen LogP contribution in [0.1, 0.15) is 42.7 Å². The van der Waals surface area contributed by atoms with Gasteiger partial charge in [0.05, 0.1) is 6.54 Å². The second kappa shape index (κ2) is 9.62. The molecular weight excluding hydrogens is 468 g/mol. The lowest BCUT2D eigenvalue weighted by atomic mass is 9.76. The second-order valence-electron chi connectivity index (χ2n) is 9.75. The molecule has 0 N–H and O–H groups in total. The fourth-order valence-corrected chi connectivity index (χ4v) is 5.53. The lowest BCUT2D eigenvalue weighted by Crippen LogP contribution is -2.31. The van der Waals surface area contributed by atoms with E-state index in [1.54, 1.807) is 18.1 Å². The predicted octanol–water partition coefficient (Wildman–Crippen LogP) is 5.85. The minimum Gasteiger partial charge on any atom is -0.491 e. The van der Waals surface area contributed by atoms with Crippen molar-refractivity contribution in [2.24, 2.45) is 5.41 Å². The van der Waals surface area contributed by atoms with Crippen molar-refractivity contribution >= 4 is 29.4 Å². The van der Waals surface area contributed by atoms with E-state index in [1.807, 2.05) is 12.5 Å². The molecule has 0 saturated carbocycles. The first-order chi connectivity index (χ1) is 16.5. The lowest BCUT2D eigenvalue weighted by molar-refractivity contribution is 0.310. The number of fused-ring (bicyclic) bond motifs is 2. The molecule has 0 unspecified atom stereocenters. The Morgan fingerprint density at radius 2 is 2.06 bits per heavy atom. The fraction of sp³-hybridized carbons (Fsp3) is 0.423. The summed E-state index contributed by atoms with van der Waals surface area (Å²) in [7, 11) is 0. The van der Waals surface area contributed by atoms with Crippen molar-refractivity contribution in [3.8, 4) is 22.8 Å². The molecule has 0 spiro atoms. The fourth-order valence-electron chi connectivity index (χ4n) is 4.87. The Labute approximate surface area is 210 Å². The Morgan fingerprint density at radius 1 is 1.18 bits per heavy atom. The molecular formula is C26H29ClN4O2S. The summed E-state index contributed by atoms with van der Waals surface area (Å²) in [5.41, 5.74) is 6.98. The van der Waals surface area contributed by atoms with Gasteiger partial charge in [-0.2, -0.15) is 11.8 Å². The quantitative estimate of drug-likeness (QED) is 0.439. The average Bonchev–Trinajstić information content (AvgIpc) is 3.05. The highest BCUT2D eigenvalue weighted by Crippen LogP contribution is 2.39. The van der Waals surface area contributed by atoms with E-state index in [-0.39, 0.29) is 5.41 Å². The molecule has 3 aromatic rings. The first kappa shape index (κ1) is 23.2. The van der Waals surface area contributed by atoms with Crippen molar-refractivity contribution < 1.29 is 9.03 Å². The molecule has 6 nitrogen and oxygen atoms in total. The van der Waals surface area contributed by atoms with Crippen molar-refractivity contribution in [2.45, 2.75) is 45.4 Å². The van der Waals surface area contributed by atoms with Gasteiger partial charge in [-0.05, 0) is 54.7 Å². The minimum absolute atomic E-state index is 0.264. The van der Waals surface area contributed by atoms with Crippen molar-refractivity contribution in [1.29, 1.82) is 0 Å². The number of halogens is 1. The Hall–Kier alpha value is -2.51. The van der Waals surface area contributed by atoms with Gasteiger partial charge in [0, 0.05) is 46.4 Å². The van der Waals surface area contributed by atoms with E-state index in [0.29, 0.717) is 12.5 Å². The van der Waals surface area contributed by atoms with Crippen molar-refractivity contribution in [3.05, 3.63) is 59.2 Å². The summed E-state index contributed by atoms with van der Waals surface area (Å²) < 4.78 is 11.1. The Kier molecular flexibility index (Phi) is 6.58. The number of aryl methyl sites for hydroxylation is 1. The zero-order valence-corrected chi connectivity index (χ0v) is 21.4. The topological polar surface area (TPSA) is 60.4 Å². The predicted molar refractivity (Wildman–Crippen MR) is 138 cm³/mol. The van der Waals surface area contributed by atoms with Gasteiger partial charge in [-0.3, -0.25) is 0 Å². The Balaban J connectivity index is 1.48. The third-order valence-corrected chi connectivity index (χ3v) is 7.42. The van der Waals surface area contributed by atoms with E-state index in [0.717, 1.165) is 71.9 Å². The third-order valence-electron chi connectivity index (χ3n) is 6.68. The average molecular weight is 497 g/mol. The van der Waals surface area contributed by atoms with E-state index in [1.165, 1.54) is 11.3 Å². The standard InChI is InChI=1S/C26H29ClN4O2S/c1-26(2)7-6-22-21(12-26)24(30-16-29-22)31-8-9-32-23-5-4-17(10-19(23)14-31)18-11-20(15-34-3)25(33-27)28-13-18/h4-5,10-11,13,16H,6-9,12,14-15H2,1-3H3. The van der Waals surface area contributed by atoms with E-state index < -0.39 is 0 Å². The maximum Gasteiger partial charge on any atom is 0.241 e. The molecule has 1 aliphatic heterocycles. The summed E-state index contributed by atoms with van der Waals surface area (Å²) in [5.74, 6) is 3.21. The van der Waals surface area contributed by atoms with E-state index in [9.17, 15) is 0 Å². The van der Waals surface area contributed by atoms with Crippen LogP contribution in [0.2, 0.25) is 0 Å². The smallest absolute Gasteiger partial charge is 0.241 e. The van der Waals surface area contributed by atoms with Crippen LogP contribution in [0.25, 0.3) is 11.1 Å². The number of thioether (sulfide) groups is 1. The van der Waals surface area contributed by atoms with Gasteiger partial charge in [-0.15, -0.1) is 0 Å². The molecule has 3 heterocycles. The van der Waals surface area contributed by atoms with Gasteiger partial charge in [0.1, 0.15) is 36.4 Å². The largest absolute Gasteiger partial charge is 0.491 e. The third kappa shape index (κ3) is 4.68. The molecule has 2 aliphatic rings.